The summed E-state index contributed by atoms with van der Waals surface area (Å²) in [4.78, 5) is 4.26. The average molecular weight is 264 g/mol. The third-order valence-corrected chi connectivity index (χ3v) is 2.54. The number of ether oxygens (including phenoxy) is 1. The van der Waals surface area contributed by atoms with Crippen molar-refractivity contribution in [3.63, 3.8) is 0 Å². The fourth-order valence-corrected chi connectivity index (χ4v) is 1.68. The first kappa shape index (κ1) is 13.6. The third-order valence-electron chi connectivity index (χ3n) is 2.54. The predicted octanol–water partition coefficient (Wildman–Crippen LogP) is 2.25. The van der Waals surface area contributed by atoms with Gasteiger partial charge in [-0.3, -0.25) is 0 Å². The summed E-state index contributed by atoms with van der Waals surface area (Å²) in [6, 6.07) is 1.83. The molecule has 0 unspecified atom stereocenters. The molecule has 2 aromatic rings. The molecule has 6 heteroatoms. The number of hydrogen-bond acceptors (Lipinski definition) is 5. The molecule has 0 saturated heterocycles. The minimum Gasteiger partial charge on any atom is -0.417 e. The van der Waals surface area contributed by atoms with E-state index in [0.29, 0.717) is 18.3 Å². The van der Waals surface area contributed by atoms with Crippen molar-refractivity contribution in [3.05, 3.63) is 23.7 Å². The Kier molecular flexibility index (Phi) is 4.21. The average Bonchev–Trinajstić information content (AvgIpc) is 2.87. The Balaban J connectivity index is 1.92. The Morgan fingerprint density at radius 1 is 1.47 bits per heavy atom. The Morgan fingerprint density at radius 3 is 2.89 bits per heavy atom. The highest BCUT2D eigenvalue weighted by molar-refractivity contribution is 5.17. The molecule has 104 valence electrons. The first-order valence-corrected chi connectivity index (χ1v) is 6.38. The molecule has 2 aromatic heterocycles. The second-order valence-electron chi connectivity index (χ2n) is 4.98. The van der Waals surface area contributed by atoms with Crippen LogP contribution >= 0.6 is 0 Å². The third kappa shape index (κ3) is 3.82. The quantitative estimate of drug-likeness (QED) is 0.867. The summed E-state index contributed by atoms with van der Waals surface area (Å²) in [6.45, 7) is 7.85. The molecule has 0 amide bonds. The molecule has 0 aromatic carbocycles. The molecule has 2 heterocycles. The van der Waals surface area contributed by atoms with Gasteiger partial charge in [0.2, 0.25) is 5.88 Å². The molecule has 6 nitrogen and oxygen atoms in total. The standard InChI is InChI=1S/C13H20N4O2/c1-9(2)6-14-7-11-8-18-13(15-11)19-12-5-10(3)16-17(12)4/h5,8-9,14H,6-7H2,1-4H3. The number of nitrogens with one attached hydrogen (secondary N) is 1. The van der Waals surface area contributed by atoms with E-state index in [4.69, 9.17) is 9.15 Å². The number of aryl methyl sites for hydroxylation is 2. The van der Waals surface area contributed by atoms with Crippen LogP contribution in [0.15, 0.2) is 16.7 Å². The van der Waals surface area contributed by atoms with Gasteiger partial charge in [-0.2, -0.15) is 10.1 Å². The second kappa shape index (κ2) is 5.88. The highest BCUT2D eigenvalue weighted by atomic mass is 16.6. The van der Waals surface area contributed by atoms with Crippen molar-refractivity contribution >= 4 is 0 Å². The van der Waals surface area contributed by atoms with Crippen LogP contribution in [0.3, 0.4) is 0 Å². The van der Waals surface area contributed by atoms with Crippen LogP contribution in [0.25, 0.3) is 0 Å². The Bertz CT molecular complexity index is 530. The summed E-state index contributed by atoms with van der Waals surface area (Å²) in [5.74, 6) is 1.22. The number of oxazole rings is 1. The summed E-state index contributed by atoms with van der Waals surface area (Å²) >= 11 is 0. The van der Waals surface area contributed by atoms with Crippen LogP contribution in [0.2, 0.25) is 0 Å². The molecular formula is C13H20N4O2. The van der Waals surface area contributed by atoms with Crippen LogP contribution in [0, 0.1) is 12.8 Å². The van der Waals surface area contributed by atoms with Crippen LogP contribution < -0.4 is 10.1 Å². The van der Waals surface area contributed by atoms with Gasteiger partial charge in [0.25, 0.3) is 0 Å². The number of hydrogen-bond donors (Lipinski definition) is 1. The van der Waals surface area contributed by atoms with Crippen LogP contribution in [-0.2, 0) is 13.6 Å². The fourth-order valence-electron chi connectivity index (χ4n) is 1.68. The van der Waals surface area contributed by atoms with E-state index in [9.17, 15) is 0 Å². The van der Waals surface area contributed by atoms with Gasteiger partial charge >= 0.3 is 6.08 Å². The lowest BCUT2D eigenvalue weighted by Gasteiger charge is -2.04. The lowest BCUT2D eigenvalue weighted by molar-refractivity contribution is 0.309. The zero-order valence-electron chi connectivity index (χ0n) is 11.8. The summed E-state index contributed by atoms with van der Waals surface area (Å²) in [5.41, 5.74) is 1.72. The van der Waals surface area contributed by atoms with Gasteiger partial charge in [0, 0.05) is 19.7 Å². The maximum Gasteiger partial charge on any atom is 0.400 e. The van der Waals surface area contributed by atoms with E-state index >= 15 is 0 Å². The van der Waals surface area contributed by atoms with E-state index in [1.54, 1.807) is 10.9 Å². The van der Waals surface area contributed by atoms with Crippen LogP contribution in [0.5, 0.6) is 12.0 Å². The van der Waals surface area contributed by atoms with Gasteiger partial charge in [0.1, 0.15) is 6.26 Å². The molecule has 0 bridgehead atoms. The van der Waals surface area contributed by atoms with Gasteiger partial charge in [0.05, 0.1) is 11.4 Å². The number of aromatic nitrogens is 3. The molecule has 0 aliphatic carbocycles. The maximum absolute atomic E-state index is 5.53. The molecule has 0 aliphatic heterocycles. The van der Waals surface area contributed by atoms with Gasteiger partial charge < -0.3 is 14.5 Å². The van der Waals surface area contributed by atoms with E-state index in [-0.39, 0.29) is 6.08 Å². The van der Waals surface area contributed by atoms with Gasteiger partial charge in [-0.05, 0) is 19.4 Å². The lowest BCUT2D eigenvalue weighted by atomic mass is 10.2. The van der Waals surface area contributed by atoms with E-state index in [2.05, 4.69) is 29.2 Å². The summed E-state index contributed by atoms with van der Waals surface area (Å²) in [6.07, 6.45) is 1.84. The summed E-state index contributed by atoms with van der Waals surface area (Å²) < 4.78 is 12.5. The van der Waals surface area contributed by atoms with Crippen molar-refractivity contribution in [1.82, 2.24) is 20.1 Å². The first-order valence-electron chi connectivity index (χ1n) is 6.38. The van der Waals surface area contributed by atoms with Crippen molar-refractivity contribution < 1.29 is 9.15 Å². The number of rotatable bonds is 6. The van der Waals surface area contributed by atoms with E-state index in [1.807, 2.05) is 20.0 Å². The summed E-state index contributed by atoms with van der Waals surface area (Å²) in [5, 5.41) is 7.49. The van der Waals surface area contributed by atoms with Crippen LogP contribution in [0.4, 0.5) is 0 Å². The van der Waals surface area contributed by atoms with E-state index < -0.39 is 0 Å². The Labute approximate surface area is 112 Å². The van der Waals surface area contributed by atoms with Crippen LogP contribution in [0.1, 0.15) is 25.2 Å². The van der Waals surface area contributed by atoms with Crippen molar-refractivity contribution in [1.29, 1.82) is 0 Å². The molecular weight excluding hydrogens is 244 g/mol. The Hall–Kier alpha value is -1.82. The second-order valence-corrected chi connectivity index (χ2v) is 4.98. The smallest absolute Gasteiger partial charge is 0.400 e. The molecule has 1 N–H and O–H groups in total. The highest BCUT2D eigenvalue weighted by Gasteiger charge is 2.10. The molecule has 0 saturated carbocycles. The molecule has 0 fully saturated rings. The Morgan fingerprint density at radius 2 is 2.26 bits per heavy atom. The van der Waals surface area contributed by atoms with Crippen LogP contribution in [-0.4, -0.2) is 21.3 Å². The highest BCUT2D eigenvalue weighted by Crippen LogP contribution is 2.20. The molecule has 19 heavy (non-hydrogen) atoms. The SMILES string of the molecule is Cc1cc(Oc2nc(CNCC(C)C)co2)n(C)n1. The summed E-state index contributed by atoms with van der Waals surface area (Å²) in [7, 11) is 1.82. The topological polar surface area (TPSA) is 65.1 Å². The van der Waals surface area contributed by atoms with Gasteiger partial charge in [0.15, 0.2) is 0 Å². The zero-order chi connectivity index (χ0) is 13.8. The maximum atomic E-state index is 5.53. The van der Waals surface area contributed by atoms with Crippen molar-refractivity contribution in [3.8, 4) is 12.0 Å². The molecule has 0 spiro atoms. The zero-order valence-corrected chi connectivity index (χ0v) is 11.8. The van der Waals surface area contributed by atoms with Gasteiger partial charge in [-0.15, -0.1) is 0 Å². The van der Waals surface area contributed by atoms with Crippen molar-refractivity contribution in [2.75, 3.05) is 6.54 Å². The largest absolute Gasteiger partial charge is 0.417 e. The molecule has 0 aliphatic rings. The van der Waals surface area contributed by atoms with Gasteiger partial charge in [-0.1, -0.05) is 13.8 Å². The first-order chi connectivity index (χ1) is 9.04. The van der Waals surface area contributed by atoms with E-state index in [0.717, 1.165) is 17.9 Å². The monoisotopic (exact) mass is 264 g/mol. The number of nitrogens with zero attached hydrogens (tertiary/aromatic N) is 3. The minimum absolute atomic E-state index is 0.240. The minimum atomic E-state index is 0.240. The fraction of sp³-hybridized carbons (Fsp3) is 0.538. The molecule has 2 rings (SSSR count). The predicted molar refractivity (Wildman–Crippen MR) is 71.1 cm³/mol. The lowest BCUT2D eigenvalue weighted by Crippen LogP contribution is -2.19. The van der Waals surface area contributed by atoms with E-state index in [1.165, 1.54) is 0 Å². The van der Waals surface area contributed by atoms with Crippen molar-refractivity contribution in [2.24, 2.45) is 13.0 Å². The van der Waals surface area contributed by atoms with Crippen molar-refractivity contribution in [2.45, 2.75) is 27.3 Å². The van der Waals surface area contributed by atoms with Gasteiger partial charge in [-0.25, -0.2) is 4.68 Å². The molecule has 0 radical (unpaired) electrons. The normalized spacial score (nSPS) is 11.2. The molecule has 0 atom stereocenters.